The van der Waals surface area contributed by atoms with Crippen molar-refractivity contribution in [3.05, 3.63) is 82.3 Å². The molecule has 3 rings (SSSR count). The van der Waals surface area contributed by atoms with Gasteiger partial charge in [0, 0.05) is 10.0 Å². The lowest BCUT2D eigenvalue weighted by molar-refractivity contribution is -0.119. The lowest BCUT2D eigenvalue weighted by atomic mass is 10.2. The number of phenols is 1. The molecule has 1 amide bonds. The van der Waals surface area contributed by atoms with Crippen LogP contribution in [0.4, 0.5) is 5.69 Å². The summed E-state index contributed by atoms with van der Waals surface area (Å²) in [6.45, 7) is 1.60. The summed E-state index contributed by atoms with van der Waals surface area (Å²) < 4.78 is 32.8. The van der Waals surface area contributed by atoms with Crippen LogP contribution in [0.3, 0.4) is 0 Å². The summed E-state index contributed by atoms with van der Waals surface area (Å²) in [5.41, 5.74) is 3.08. The molecule has 34 heavy (non-hydrogen) atoms. The van der Waals surface area contributed by atoms with Gasteiger partial charge in [0.25, 0.3) is 15.9 Å². The molecule has 0 aliphatic heterocycles. The van der Waals surface area contributed by atoms with Gasteiger partial charge in [-0.15, -0.1) is 0 Å². The molecular weight excluding hydrogens is 501 g/mol. The van der Waals surface area contributed by atoms with E-state index in [1.807, 2.05) is 0 Å². The smallest absolute Gasteiger partial charge is 0.264 e. The minimum atomic E-state index is -4.12. The first-order chi connectivity index (χ1) is 16.2. The van der Waals surface area contributed by atoms with Crippen LogP contribution in [0.5, 0.6) is 11.5 Å². The lowest BCUT2D eigenvalue weighted by Gasteiger charge is -2.23. The highest BCUT2D eigenvalue weighted by Crippen LogP contribution is 2.27. The number of ether oxygens (including phenoxy) is 1. The fraction of sp³-hybridized carbons (Fsp3) is 0.130. The quantitative estimate of drug-likeness (QED) is 0.319. The summed E-state index contributed by atoms with van der Waals surface area (Å²) in [7, 11) is -4.12. The summed E-state index contributed by atoms with van der Waals surface area (Å²) >= 11 is 11.9. The van der Waals surface area contributed by atoms with E-state index >= 15 is 0 Å². The number of phenolic OH excluding ortho intramolecular Hbond substituents is 1. The van der Waals surface area contributed by atoms with Crippen molar-refractivity contribution >= 4 is 51.0 Å². The van der Waals surface area contributed by atoms with Crippen molar-refractivity contribution in [1.29, 1.82) is 0 Å². The number of hydrogen-bond acceptors (Lipinski definition) is 6. The minimum absolute atomic E-state index is 0.0207. The molecule has 0 unspecified atom stereocenters. The molecule has 0 aliphatic rings. The van der Waals surface area contributed by atoms with Crippen LogP contribution in [0.15, 0.2) is 76.7 Å². The Morgan fingerprint density at radius 1 is 1.09 bits per heavy atom. The van der Waals surface area contributed by atoms with Crippen LogP contribution in [-0.4, -0.2) is 38.8 Å². The number of nitrogens with one attached hydrogen (secondary N) is 1. The molecule has 8 nitrogen and oxygen atoms in total. The van der Waals surface area contributed by atoms with E-state index in [1.165, 1.54) is 48.7 Å². The maximum absolute atomic E-state index is 13.3. The molecule has 0 aliphatic carbocycles. The molecule has 0 saturated carbocycles. The molecule has 11 heteroatoms. The maximum Gasteiger partial charge on any atom is 0.264 e. The summed E-state index contributed by atoms with van der Waals surface area (Å²) in [5, 5.41) is 14.3. The Hall–Kier alpha value is -3.27. The fourth-order valence-electron chi connectivity index (χ4n) is 2.91. The molecule has 3 aromatic rings. The van der Waals surface area contributed by atoms with E-state index in [0.717, 1.165) is 4.31 Å². The molecule has 178 valence electrons. The normalized spacial score (nSPS) is 11.4. The van der Waals surface area contributed by atoms with Crippen LogP contribution in [-0.2, 0) is 14.8 Å². The second-order valence-corrected chi connectivity index (χ2v) is 9.63. The Bertz CT molecular complexity index is 1300. The predicted molar refractivity (Wildman–Crippen MR) is 132 cm³/mol. The second-order valence-electron chi connectivity index (χ2n) is 6.90. The van der Waals surface area contributed by atoms with Crippen molar-refractivity contribution in [1.82, 2.24) is 5.43 Å². The molecule has 3 aromatic carbocycles. The number of carbonyl (C=O) groups excluding carboxylic acids is 1. The summed E-state index contributed by atoms with van der Waals surface area (Å²) in [5.74, 6) is -0.427. The number of aromatic hydroxyl groups is 1. The first-order valence-electron chi connectivity index (χ1n) is 10.0. The fourth-order valence-corrected chi connectivity index (χ4v) is 4.63. The van der Waals surface area contributed by atoms with Gasteiger partial charge in [-0.1, -0.05) is 29.3 Å². The number of benzene rings is 3. The molecule has 0 spiro atoms. The SMILES string of the molecule is CCOc1cc(/C=N\NC(=O)CN(c2cccc(Cl)c2)S(=O)(=O)c2ccc(Cl)cc2)ccc1O. The van der Waals surface area contributed by atoms with E-state index in [4.69, 9.17) is 27.9 Å². The molecule has 0 aromatic heterocycles. The monoisotopic (exact) mass is 521 g/mol. The molecule has 0 radical (unpaired) electrons. The van der Waals surface area contributed by atoms with E-state index in [-0.39, 0.29) is 22.1 Å². The summed E-state index contributed by atoms with van der Waals surface area (Å²) in [6.07, 6.45) is 1.34. The zero-order chi connectivity index (χ0) is 24.7. The topological polar surface area (TPSA) is 108 Å². The Balaban J connectivity index is 1.81. The highest BCUT2D eigenvalue weighted by atomic mass is 35.5. The van der Waals surface area contributed by atoms with Gasteiger partial charge >= 0.3 is 0 Å². The Morgan fingerprint density at radius 2 is 1.82 bits per heavy atom. The molecule has 0 atom stereocenters. The molecule has 0 bridgehead atoms. The Morgan fingerprint density at radius 3 is 2.50 bits per heavy atom. The number of amides is 1. The number of halogens is 2. The number of hydrogen-bond donors (Lipinski definition) is 2. The largest absolute Gasteiger partial charge is 0.504 e. The van der Waals surface area contributed by atoms with Crippen LogP contribution < -0.4 is 14.5 Å². The van der Waals surface area contributed by atoms with Crippen LogP contribution in [0, 0.1) is 0 Å². The van der Waals surface area contributed by atoms with Gasteiger partial charge in [-0.2, -0.15) is 5.10 Å². The molecule has 2 N–H and O–H groups in total. The third-order valence-electron chi connectivity index (χ3n) is 4.47. The third kappa shape index (κ3) is 6.40. The maximum atomic E-state index is 13.3. The summed E-state index contributed by atoms with van der Waals surface area (Å²) in [4.78, 5) is 12.6. The van der Waals surface area contributed by atoms with Crippen LogP contribution in [0.1, 0.15) is 12.5 Å². The number of rotatable bonds is 9. The van der Waals surface area contributed by atoms with E-state index in [9.17, 15) is 18.3 Å². The number of carbonyl (C=O) groups is 1. The Labute approximate surface area is 207 Å². The van der Waals surface area contributed by atoms with Crippen molar-refractivity contribution in [2.45, 2.75) is 11.8 Å². The lowest BCUT2D eigenvalue weighted by Crippen LogP contribution is -2.39. The first-order valence-corrected chi connectivity index (χ1v) is 12.2. The van der Waals surface area contributed by atoms with Crippen molar-refractivity contribution in [3.63, 3.8) is 0 Å². The van der Waals surface area contributed by atoms with Crippen molar-refractivity contribution in [3.8, 4) is 11.5 Å². The zero-order valence-electron chi connectivity index (χ0n) is 18.0. The summed E-state index contributed by atoms with van der Waals surface area (Å²) in [6, 6.07) is 16.3. The number of sulfonamides is 1. The highest BCUT2D eigenvalue weighted by molar-refractivity contribution is 7.92. The van der Waals surface area contributed by atoms with E-state index < -0.39 is 22.5 Å². The van der Waals surface area contributed by atoms with Crippen LogP contribution >= 0.6 is 23.2 Å². The second kappa shape index (κ2) is 11.2. The van der Waals surface area contributed by atoms with E-state index in [2.05, 4.69) is 10.5 Å². The Kier molecular flexibility index (Phi) is 8.38. The molecular formula is C23H21Cl2N3O5S. The van der Waals surface area contributed by atoms with Crippen molar-refractivity contribution in [2.75, 3.05) is 17.5 Å². The van der Waals surface area contributed by atoms with Gasteiger partial charge in [-0.05, 0) is 73.2 Å². The number of nitrogens with zero attached hydrogens (tertiary/aromatic N) is 2. The van der Waals surface area contributed by atoms with Gasteiger partial charge in [0.15, 0.2) is 11.5 Å². The zero-order valence-corrected chi connectivity index (χ0v) is 20.3. The van der Waals surface area contributed by atoms with Gasteiger partial charge in [0.05, 0.1) is 23.4 Å². The average molecular weight is 522 g/mol. The van der Waals surface area contributed by atoms with E-state index in [1.54, 1.807) is 31.2 Å². The minimum Gasteiger partial charge on any atom is -0.504 e. The van der Waals surface area contributed by atoms with Crippen LogP contribution in [0.2, 0.25) is 10.0 Å². The van der Waals surface area contributed by atoms with Gasteiger partial charge in [-0.3, -0.25) is 9.10 Å². The molecule has 0 fully saturated rings. The molecule has 0 heterocycles. The number of anilines is 1. The van der Waals surface area contributed by atoms with Crippen molar-refractivity contribution < 1.29 is 23.1 Å². The standard InChI is InChI=1S/C23H21Cl2N3O5S/c1-2-33-22-12-16(6-11-21(22)29)14-26-27-23(30)15-28(19-5-3-4-18(25)13-19)34(31,32)20-9-7-17(24)8-10-20/h3-14,29H,2,15H2,1H3,(H,27,30)/b26-14-. The van der Waals surface area contributed by atoms with Gasteiger partial charge in [0.2, 0.25) is 0 Å². The van der Waals surface area contributed by atoms with Crippen LogP contribution in [0.25, 0.3) is 0 Å². The third-order valence-corrected chi connectivity index (χ3v) is 6.75. The number of hydrazone groups is 1. The predicted octanol–water partition coefficient (Wildman–Crippen LogP) is 4.44. The van der Waals surface area contributed by atoms with Gasteiger partial charge in [0.1, 0.15) is 6.54 Å². The van der Waals surface area contributed by atoms with Gasteiger partial charge in [-0.25, -0.2) is 13.8 Å². The highest BCUT2D eigenvalue weighted by Gasteiger charge is 2.27. The molecule has 0 saturated heterocycles. The van der Waals surface area contributed by atoms with Crippen molar-refractivity contribution in [2.24, 2.45) is 5.10 Å². The van der Waals surface area contributed by atoms with E-state index in [0.29, 0.717) is 22.2 Å². The average Bonchev–Trinajstić information content (AvgIpc) is 2.80. The first kappa shape index (κ1) is 25.4. The van der Waals surface area contributed by atoms with Gasteiger partial charge < -0.3 is 9.84 Å².